The van der Waals surface area contributed by atoms with Gasteiger partial charge in [-0.15, -0.1) is 0 Å². The summed E-state index contributed by atoms with van der Waals surface area (Å²) >= 11 is 8.15. The molecular weight excluding hydrogens is 523 g/mol. The Labute approximate surface area is 206 Å². The smallest absolute Gasteiger partial charge is 0.327 e. The summed E-state index contributed by atoms with van der Waals surface area (Å²) in [7, 11) is -2.08. The molecule has 10 nitrogen and oxygen atoms in total. The standard InChI is InChI=1S/C18H29N4O6PS3Si/c1-18(2,3)33(4,5)26-8-10-13(28-29(30)31-6-7-32-29)12(23)16(27-10)22-9-19-11-14(22)20-17(25)21-15(11)24/h9-10,12-13,16,23,30H,6-8H2,1-5H3,(H-,20,21,24,25)/p+1/t10-,12-,13-,16-/m1/s1. The van der Waals surface area contributed by atoms with Crippen LogP contribution in [0.15, 0.2) is 15.9 Å². The maximum Gasteiger partial charge on any atom is 0.327 e. The van der Waals surface area contributed by atoms with Crippen molar-refractivity contribution in [3.63, 3.8) is 0 Å². The fourth-order valence-electron chi connectivity index (χ4n) is 3.42. The van der Waals surface area contributed by atoms with E-state index in [0.29, 0.717) is 0 Å². The maximum absolute atomic E-state index is 12.1. The summed E-state index contributed by atoms with van der Waals surface area (Å²) in [6.07, 6.45) is -1.86. The normalized spacial score (nSPS) is 28.1. The van der Waals surface area contributed by atoms with E-state index in [0.717, 1.165) is 11.5 Å². The number of hydrogen-bond acceptors (Lipinski definition) is 10. The van der Waals surface area contributed by atoms with Crippen molar-refractivity contribution in [2.24, 2.45) is 0 Å². The summed E-state index contributed by atoms with van der Waals surface area (Å²) in [4.78, 5) is 32.8. The molecule has 2 saturated heterocycles. The largest absolute Gasteiger partial charge is 0.414 e. The molecule has 0 bridgehead atoms. The quantitative estimate of drug-likeness (QED) is 0.242. The second-order valence-corrected chi connectivity index (χ2v) is 25.5. The van der Waals surface area contributed by atoms with Crippen LogP contribution in [0.1, 0.15) is 27.0 Å². The summed E-state index contributed by atoms with van der Waals surface area (Å²) in [5.74, 6) is 1.88. The molecule has 0 unspecified atom stereocenters. The Balaban J connectivity index is 1.65. The first-order valence-electron chi connectivity index (χ1n) is 10.6. The van der Waals surface area contributed by atoms with Gasteiger partial charge in [0.1, 0.15) is 17.9 Å². The zero-order chi connectivity index (χ0) is 24.2. The molecule has 0 aromatic carbocycles. The van der Waals surface area contributed by atoms with Gasteiger partial charge in [0.05, 0.1) is 47.9 Å². The number of aliphatic hydroxyl groups is 1. The first-order valence-corrected chi connectivity index (χ1v) is 19.5. The average molecular weight is 554 g/mol. The number of thiol groups is 1. The lowest BCUT2D eigenvalue weighted by atomic mass is 10.1. The Kier molecular flexibility index (Phi) is 7.25. The Morgan fingerprint density at radius 3 is 2.64 bits per heavy atom. The van der Waals surface area contributed by atoms with Crippen molar-refractivity contribution in [3.8, 4) is 0 Å². The molecule has 33 heavy (non-hydrogen) atoms. The Morgan fingerprint density at radius 2 is 2.00 bits per heavy atom. The molecule has 15 heteroatoms. The number of fused-ring (bicyclic) bond motifs is 1. The van der Waals surface area contributed by atoms with Crippen LogP contribution in [0, 0.1) is 0 Å². The number of ether oxygens (including phenoxy) is 1. The molecule has 0 amide bonds. The molecule has 0 radical (unpaired) electrons. The lowest BCUT2D eigenvalue weighted by Crippen LogP contribution is -2.45. The van der Waals surface area contributed by atoms with E-state index >= 15 is 0 Å². The fraction of sp³-hybridized carbons (Fsp3) is 0.722. The van der Waals surface area contributed by atoms with Crippen LogP contribution < -0.4 is 11.2 Å². The summed E-state index contributed by atoms with van der Waals surface area (Å²) in [5, 5.41) is 9.21. The van der Waals surface area contributed by atoms with E-state index in [4.69, 9.17) is 25.9 Å². The van der Waals surface area contributed by atoms with E-state index in [1.165, 1.54) is 10.9 Å². The highest BCUT2D eigenvalue weighted by atomic mass is 33.4. The van der Waals surface area contributed by atoms with Crippen molar-refractivity contribution >= 4 is 59.6 Å². The summed E-state index contributed by atoms with van der Waals surface area (Å²) in [6, 6.07) is 0. The predicted octanol–water partition coefficient (Wildman–Crippen LogP) is 3.17. The molecule has 2 aliphatic heterocycles. The van der Waals surface area contributed by atoms with Gasteiger partial charge in [0.15, 0.2) is 26.2 Å². The van der Waals surface area contributed by atoms with Gasteiger partial charge in [0.2, 0.25) is 0 Å². The molecule has 2 fully saturated rings. The van der Waals surface area contributed by atoms with Gasteiger partial charge in [-0.2, -0.15) is 4.52 Å². The van der Waals surface area contributed by atoms with Gasteiger partial charge in [0.25, 0.3) is 5.56 Å². The summed E-state index contributed by atoms with van der Waals surface area (Å²) in [5.41, 5.74) is -1.03. The van der Waals surface area contributed by atoms with E-state index in [-0.39, 0.29) is 22.8 Å². The summed E-state index contributed by atoms with van der Waals surface area (Å²) < 4.78 is 20.5. The van der Waals surface area contributed by atoms with E-state index in [2.05, 4.69) is 48.8 Å². The van der Waals surface area contributed by atoms with Gasteiger partial charge in [-0.3, -0.25) is 19.3 Å². The molecular formula is C18H30N4O6PS3Si+. The predicted molar refractivity (Wildman–Crippen MR) is 140 cm³/mol. The second kappa shape index (κ2) is 9.29. The highest BCUT2D eigenvalue weighted by Crippen LogP contribution is 2.87. The first kappa shape index (κ1) is 25.8. The molecule has 2 aliphatic rings. The third-order valence-corrected chi connectivity index (χ3v) is 20.8. The summed E-state index contributed by atoms with van der Waals surface area (Å²) in [6.45, 7) is 11.0. The number of aliphatic hydroxyl groups excluding tert-OH is 1. The van der Waals surface area contributed by atoms with Crippen LogP contribution in [0.2, 0.25) is 18.1 Å². The molecule has 184 valence electrons. The Hall–Kier alpha value is -0.313. The fourth-order valence-corrected chi connectivity index (χ4v) is 14.0. The van der Waals surface area contributed by atoms with Gasteiger partial charge < -0.3 is 14.3 Å². The molecule has 3 N–H and O–H groups in total. The van der Waals surface area contributed by atoms with E-state index < -0.39 is 49.2 Å². The number of hydrogen-bond donors (Lipinski definition) is 4. The number of rotatable bonds is 6. The Morgan fingerprint density at radius 1 is 1.33 bits per heavy atom. The van der Waals surface area contributed by atoms with Crippen LogP contribution in [0.5, 0.6) is 0 Å². The number of imidazole rings is 1. The molecule has 4 heterocycles. The zero-order valence-electron chi connectivity index (χ0n) is 19.1. The number of nitrogens with zero attached hydrogens (tertiary/aromatic N) is 2. The van der Waals surface area contributed by atoms with Gasteiger partial charge in [0, 0.05) is 11.5 Å². The minimum atomic E-state index is -2.10. The van der Waals surface area contributed by atoms with Crippen LogP contribution in [-0.4, -0.2) is 69.4 Å². The molecule has 2 aromatic rings. The van der Waals surface area contributed by atoms with Crippen LogP contribution in [-0.2, 0) is 13.7 Å². The number of nitrogens with one attached hydrogen (secondary N) is 2. The molecule has 0 aliphatic carbocycles. The van der Waals surface area contributed by atoms with Crippen LogP contribution >= 0.6 is 40.1 Å². The number of H-pyrrole nitrogens is 2. The highest BCUT2D eigenvalue weighted by Gasteiger charge is 2.56. The number of aromatic amines is 2. The zero-order valence-corrected chi connectivity index (χ0v) is 23.5. The topological polar surface area (TPSA) is 131 Å². The van der Waals surface area contributed by atoms with Gasteiger partial charge in [-0.05, 0) is 18.1 Å². The van der Waals surface area contributed by atoms with Gasteiger partial charge >= 0.3 is 10.8 Å². The van der Waals surface area contributed by atoms with Crippen LogP contribution in [0.3, 0.4) is 0 Å². The second-order valence-electron chi connectivity index (χ2n) is 9.59. The molecule has 4 rings (SSSR count). The Bertz CT molecular complexity index is 1130. The van der Waals surface area contributed by atoms with E-state index in [1.54, 1.807) is 22.8 Å². The molecule has 2 aromatic heterocycles. The average Bonchev–Trinajstić information content (AvgIpc) is 3.39. The van der Waals surface area contributed by atoms with Crippen molar-refractivity contribution in [3.05, 3.63) is 27.2 Å². The first-order chi connectivity index (χ1) is 15.3. The van der Waals surface area contributed by atoms with E-state index in [1.807, 2.05) is 0 Å². The third-order valence-electron chi connectivity index (χ3n) is 6.31. The minimum absolute atomic E-state index is 0.00989. The monoisotopic (exact) mass is 553 g/mol. The van der Waals surface area contributed by atoms with Crippen molar-refractivity contribution in [1.29, 1.82) is 0 Å². The molecule has 4 atom stereocenters. The van der Waals surface area contributed by atoms with Crippen LogP contribution in [0.4, 0.5) is 0 Å². The molecule has 0 saturated carbocycles. The van der Waals surface area contributed by atoms with Crippen molar-refractivity contribution in [2.45, 2.75) is 63.4 Å². The van der Waals surface area contributed by atoms with Crippen LogP contribution in [0.25, 0.3) is 11.2 Å². The maximum atomic E-state index is 12.1. The van der Waals surface area contributed by atoms with Gasteiger partial charge in [-0.25, -0.2) is 9.78 Å². The minimum Gasteiger partial charge on any atom is -0.414 e. The third kappa shape index (κ3) is 5.14. The number of aromatic nitrogens is 4. The lowest BCUT2D eigenvalue weighted by molar-refractivity contribution is -0.0483. The van der Waals surface area contributed by atoms with Crippen molar-refractivity contribution in [2.75, 3.05) is 18.1 Å². The van der Waals surface area contributed by atoms with Crippen molar-refractivity contribution in [1.82, 2.24) is 19.5 Å². The molecule has 0 spiro atoms. The van der Waals surface area contributed by atoms with E-state index in [9.17, 15) is 14.7 Å². The SMILES string of the molecule is CC(C)(C)[Si](C)(C)OC[C@H]1O[C@@H](n2cnc3c(=O)[nH]c(=O)[nH]c32)[C@H](O)[C@@H]1O[P+]1(S)SCCS1. The highest BCUT2D eigenvalue weighted by molar-refractivity contribution is 9.15. The van der Waals surface area contributed by atoms with Gasteiger partial charge in [-0.1, -0.05) is 20.8 Å². The van der Waals surface area contributed by atoms with Crippen molar-refractivity contribution < 1.29 is 18.8 Å². The lowest BCUT2D eigenvalue weighted by Gasteiger charge is -2.37.